The largest absolute Gasteiger partial charge is 0.464 e. The molecule has 0 radical (unpaired) electrons. The molecule has 0 heterocycles. The van der Waals surface area contributed by atoms with E-state index in [-0.39, 0.29) is 6.54 Å². The van der Waals surface area contributed by atoms with E-state index in [4.69, 9.17) is 10.9 Å². The molecule has 0 unspecified atom stereocenters. The SMILES string of the molecule is Cc1ccccc1CN(N)C(=O)O. The van der Waals surface area contributed by atoms with Crippen molar-refractivity contribution in [3.05, 3.63) is 35.4 Å². The van der Waals surface area contributed by atoms with Crippen LogP contribution >= 0.6 is 0 Å². The molecule has 1 aromatic rings. The lowest BCUT2D eigenvalue weighted by Gasteiger charge is -2.13. The quantitative estimate of drug-likeness (QED) is 0.410. The van der Waals surface area contributed by atoms with Crippen molar-refractivity contribution in [3.8, 4) is 0 Å². The number of carbonyl (C=O) groups is 1. The zero-order valence-electron chi connectivity index (χ0n) is 7.40. The number of amides is 1. The third-order valence-corrected chi connectivity index (χ3v) is 1.85. The van der Waals surface area contributed by atoms with Crippen molar-refractivity contribution in [3.63, 3.8) is 0 Å². The summed E-state index contributed by atoms with van der Waals surface area (Å²) in [7, 11) is 0. The van der Waals surface area contributed by atoms with E-state index in [9.17, 15) is 4.79 Å². The summed E-state index contributed by atoms with van der Waals surface area (Å²) in [5, 5.41) is 9.30. The second-order valence-corrected chi connectivity index (χ2v) is 2.84. The fraction of sp³-hybridized carbons (Fsp3) is 0.222. The van der Waals surface area contributed by atoms with Crippen LogP contribution in [-0.2, 0) is 6.54 Å². The Kier molecular flexibility index (Phi) is 2.87. The Morgan fingerprint density at radius 1 is 1.54 bits per heavy atom. The first-order valence-electron chi connectivity index (χ1n) is 3.91. The first-order valence-corrected chi connectivity index (χ1v) is 3.91. The van der Waals surface area contributed by atoms with Gasteiger partial charge < -0.3 is 5.11 Å². The van der Waals surface area contributed by atoms with Gasteiger partial charge in [-0.25, -0.2) is 15.6 Å². The highest BCUT2D eigenvalue weighted by Gasteiger charge is 2.07. The van der Waals surface area contributed by atoms with Crippen LogP contribution < -0.4 is 5.84 Å². The summed E-state index contributed by atoms with van der Waals surface area (Å²) >= 11 is 0. The van der Waals surface area contributed by atoms with E-state index in [1.54, 1.807) is 0 Å². The number of rotatable bonds is 2. The van der Waals surface area contributed by atoms with E-state index in [1.807, 2.05) is 31.2 Å². The number of hydrazine groups is 1. The van der Waals surface area contributed by atoms with E-state index in [0.29, 0.717) is 0 Å². The molecular formula is C9H12N2O2. The fourth-order valence-corrected chi connectivity index (χ4v) is 1.04. The average Bonchev–Trinajstić information content (AvgIpc) is 2.08. The molecule has 0 bridgehead atoms. The molecule has 4 nitrogen and oxygen atoms in total. The predicted octanol–water partition coefficient (Wildman–Crippen LogP) is 1.35. The van der Waals surface area contributed by atoms with Gasteiger partial charge in [0.1, 0.15) is 0 Å². The first kappa shape index (κ1) is 9.54. The van der Waals surface area contributed by atoms with Gasteiger partial charge in [0, 0.05) is 0 Å². The fourth-order valence-electron chi connectivity index (χ4n) is 1.04. The number of carboxylic acid groups (broad SMARTS) is 1. The monoisotopic (exact) mass is 180 g/mol. The van der Waals surface area contributed by atoms with Gasteiger partial charge in [-0.1, -0.05) is 24.3 Å². The van der Waals surface area contributed by atoms with E-state index < -0.39 is 6.09 Å². The normalized spacial score (nSPS) is 9.69. The number of nitrogens with two attached hydrogens (primary N) is 1. The number of nitrogens with zero attached hydrogens (tertiary/aromatic N) is 1. The van der Waals surface area contributed by atoms with Crippen molar-refractivity contribution in [1.29, 1.82) is 0 Å². The number of hydrogen-bond acceptors (Lipinski definition) is 2. The standard InChI is InChI=1S/C9H12N2O2/c1-7-4-2-3-5-8(7)6-11(10)9(12)13/h2-5H,6,10H2,1H3,(H,12,13). The maximum absolute atomic E-state index is 10.4. The zero-order valence-corrected chi connectivity index (χ0v) is 7.40. The molecule has 0 fully saturated rings. The van der Waals surface area contributed by atoms with Gasteiger partial charge in [-0.3, -0.25) is 0 Å². The number of hydrogen-bond donors (Lipinski definition) is 2. The van der Waals surface area contributed by atoms with Crippen LogP contribution in [0.25, 0.3) is 0 Å². The third-order valence-electron chi connectivity index (χ3n) is 1.85. The van der Waals surface area contributed by atoms with Crippen LogP contribution in [-0.4, -0.2) is 16.2 Å². The molecule has 0 aliphatic rings. The summed E-state index contributed by atoms with van der Waals surface area (Å²) in [6.45, 7) is 2.15. The molecule has 1 rings (SSSR count). The van der Waals surface area contributed by atoms with E-state index in [2.05, 4.69) is 0 Å². The maximum atomic E-state index is 10.4. The molecule has 0 spiro atoms. The van der Waals surface area contributed by atoms with E-state index in [1.165, 1.54) is 0 Å². The van der Waals surface area contributed by atoms with Gasteiger partial charge in [-0.05, 0) is 18.1 Å². The van der Waals surface area contributed by atoms with Gasteiger partial charge in [-0.2, -0.15) is 0 Å². The average molecular weight is 180 g/mol. The van der Waals surface area contributed by atoms with Crippen molar-refractivity contribution >= 4 is 6.09 Å². The van der Waals surface area contributed by atoms with Crippen molar-refractivity contribution in [2.75, 3.05) is 0 Å². The van der Waals surface area contributed by atoms with Crippen molar-refractivity contribution in [1.82, 2.24) is 5.01 Å². The zero-order chi connectivity index (χ0) is 9.84. The molecule has 0 atom stereocenters. The highest BCUT2D eigenvalue weighted by Crippen LogP contribution is 2.08. The molecule has 1 amide bonds. The number of aryl methyl sites for hydroxylation is 1. The molecule has 0 aliphatic carbocycles. The molecule has 0 saturated carbocycles. The first-order chi connectivity index (χ1) is 6.11. The highest BCUT2D eigenvalue weighted by atomic mass is 16.4. The lowest BCUT2D eigenvalue weighted by Crippen LogP contribution is -2.35. The van der Waals surface area contributed by atoms with Crippen LogP contribution in [0.15, 0.2) is 24.3 Å². The van der Waals surface area contributed by atoms with Gasteiger partial charge in [0.2, 0.25) is 0 Å². The van der Waals surface area contributed by atoms with Crippen LogP contribution in [0.2, 0.25) is 0 Å². The van der Waals surface area contributed by atoms with Gasteiger partial charge in [0.25, 0.3) is 0 Å². The van der Waals surface area contributed by atoms with E-state index >= 15 is 0 Å². The lowest BCUT2D eigenvalue weighted by atomic mass is 10.1. The summed E-state index contributed by atoms with van der Waals surface area (Å²) in [5.41, 5.74) is 1.96. The predicted molar refractivity (Wildman–Crippen MR) is 48.9 cm³/mol. The molecule has 0 saturated heterocycles. The molecular weight excluding hydrogens is 168 g/mol. The Labute approximate surface area is 76.6 Å². The second kappa shape index (κ2) is 3.91. The Hall–Kier alpha value is -1.55. The van der Waals surface area contributed by atoms with Gasteiger partial charge in [0.15, 0.2) is 0 Å². The third kappa shape index (κ3) is 2.45. The minimum Gasteiger partial charge on any atom is -0.464 e. The summed E-state index contributed by atoms with van der Waals surface area (Å²) < 4.78 is 0. The summed E-state index contributed by atoms with van der Waals surface area (Å²) in [6, 6.07) is 7.54. The Morgan fingerprint density at radius 3 is 2.69 bits per heavy atom. The summed E-state index contributed by atoms with van der Waals surface area (Å²) in [5.74, 6) is 5.25. The van der Waals surface area contributed by atoms with Gasteiger partial charge in [-0.15, -0.1) is 0 Å². The topological polar surface area (TPSA) is 66.6 Å². The van der Waals surface area contributed by atoms with Crippen LogP contribution in [0.5, 0.6) is 0 Å². The van der Waals surface area contributed by atoms with Gasteiger partial charge >= 0.3 is 6.09 Å². The van der Waals surface area contributed by atoms with E-state index in [0.717, 1.165) is 16.1 Å². The lowest BCUT2D eigenvalue weighted by molar-refractivity contribution is 0.143. The molecule has 1 aromatic carbocycles. The van der Waals surface area contributed by atoms with Crippen molar-refractivity contribution in [2.24, 2.45) is 5.84 Å². The Bertz CT molecular complexity index is 312. The summed E-state index contributed by atoms with van der Waals surface area (Å²) in [6.07, 6.45) is -1.12. The Morgan fingerprint density at radius 2 is 2.15 bits per heavy atom. The molecule has 0 aliphatic heterocycles. The Balaban J connectivity index is 2.74. The molecule has 4 heteroatoms. The van der Waals surface area contributed by atoms with Crippen LogP contribution in [0.1, 0.15) is 11.1 Å². The molecule has 3 N–H and O–H groups in total. The van der Waals surface area contributed by atoms with Crippen molar-refractivity contribution < 1.29 is 9.90 Å². The smallest absolute Gasteiger partial charge is 0.421 e. The van der Waals surface area contributed by atoms with Crippen LogP contribution in [0.3, 0.4) is 0 Å². The van der Waals surface area contributed by atoms with Crippen LogP contribution in [0.4, 0.5) is 4.79 Å². The number of benzene rings is 1. The summed E-state index contributed by atoms with van der Waals surface area (Å²) in [4.78, 5) is 10.4. The molecule has 0 aromatic heterocycles. The van der Waals surface area contributed by atoms with Gasteiger partial charge in [0.05, 0.1) is 6.54 Å². The molecule has 70 valence electrons. The minimum absolute atomic E-state index is 0.224. The molecule has 13 heavy (non-hydrogen) atoms. The second-order valence-electron chi connectivity index (χ2n) is 2.84. The minimum atomic E-state index is -1.12. The van der Waals surface area contributed by atoms with Crippen molar-refractivity contribution in [2.45, 2.75) is 13.5 Å². The highest BCUT2D eigenvalue weighted by molar-refractivity contribution is 5.64. The van der Waals surface area contributed by atoms with Crippen LogP contribution in [0, 0.1) is 6.92 Å². The maximum Gasteiger partial charge on any atom is 0.421 e.